The fourth-order valence-corrected chi connectivity index (χ4v) is 3.37. The van der Waals surface area contributed by atoms with Crippen LogP contribution in [-0.4, -0.2) is 35.4 Å². The molecule has 1 aliphatic heterocycles. The highest BCUT2D eigenvalue weighted by Crippen LogP contribution is 2.32. The monoisotopic (exact) mass is 432 g/mol. The van der Waals surface area contributed by atoms with Crippen LogP contribution in [-0.2, 0) is 9.59 Å². The van der Waals surface area contributed by atoms with Crippen molar-refractivity contribution >= 4 is 52.2 Å². The minimum Gasteiger partial charge on any atom is -0.490 e. The number of aliphatic carboxylic acids is 1. The van der Waals surface area contributed by atoms with E-state index in [0.717, 1.165) is 0 Å². The van der Waals surface area contributed by atoms with Gasteiger partial charge in [-0.2, -0.15) is 0 Å². The van der Waals surface area contributed by atoms with Gasteiger partial charge in [-0.15, -0.1) is 0 Å². The van der Waals surface area contributed by atoms with Crippen molar-refractivity contribution in [1.82, 2.24) is 5.32 Å². The lowest BCUT2D eigenvalue weighted by Gasteiger charge is -2.11. The van der Waals surface area contributed by atoms with E-state index in [9.17, 15) is 9.59 Å². The number of hydrogen-bond donors (Lipinski definition) is 2. The molecule has 0 unspecified atom stereocenters. The molecule has 7 nitrogen and oxygen atoms in total. The van der Waals surface area contributed by atoms with Gasteiger partial charge in [-0.3, -0.25) is 4.79 Å². The number of carboxylic acid groups (broad SMARTS) is 1. The third kappa shape index (κ3) is 5.75. The van der Waals surface area contributed by atoms with Crippen LogP contribution in [0.1, 0.15) is 12.5 Å². The molecule has 3 rings (SSSR count). The molecule has 0 saturated carbocycles. The number of amidine groups is 1. The number of aliphatic imine (C=N–C) groups is 1. The van der Waals surface area contributed by atoms with Crippen LogP contribution < -0.4 is 14.8 Å². The molecule has 2 aromatic carbocycles. The van der Waals surface area contributed by atoms with Crippen molar-refractivity contribution < 1.29 is 24.2 Å². The van der Waals surface area contributed by atoms with Gasteiger partial charge in [-0.25, -0.2) is 9.79 Å². The average molecular weight is 433 g/mol. The molecular weight excluding hydrogens is 416 g/mol. The topological polar surface area (TPSA) is 97.2 Å². The van der Waals surface area contributed by atoms with E-state index in [0.29, 0.717) is 44.5 Å². The molecule has 1 fully saturated rings. The summed E-state index contributed by atoms with van der Waals surface area (Å²) in [7, 11) is 0. The zero-order chi connectivity index (χ0) is 20.8. The molecule has 0 bridgehead atoms. The van der Waals surface area contributed by atoms with E-state index >= 15 is 0 Å². The Kier molecular flexibility index (Phi) is 6.79. The van der Waals surface area contributed by atoms with Crippen LogP contribution in [0, 0.1) is 0 Å². The fraction of sp³-hybridized carbons (Fsp3) is 0.150. The Bertz CT molecular complexity index is 989. The molecule has 150 valence electrons. The summed E-state index contributed by atoms with van der Waals surface area (Å²) in [6.45, 7) is 1.73. The number of thioether (sulfide) groups is 1. The van der Waals surface area contributed by atoms with E-state index < -0.39 is 12.6 Å². The van der Waals surface area contributed by atoms with Crippen LogP contribution in [0.3, 0.4) is 0 Å². The third-order valence-corrected chi connectivity index (χ3v) is 4.79. The standard InChI is InChI=1S/C20H17ClN2O5S/c1-2-27-16-9-12(3-8-15(16)28-11-18(24)25)10-17-19(26)23-20(29-17)22-14-6-4-13(21)5-7-14/h3-10H,2,11H2,1H3,(H,24,25)(H,22,23,26)/b17-10-. The first-order valence-corrected chi connectivity index (χ1v) is 9.80. The highest BCUT2D eigenvalue weighted by Gasteiger charge is 2.24. The first kappa shape index (κ1) is 20.8. The van der Waals surface area contributed by atoms with E-state index in [2.05, 4.69) is 10.3 Å². The van der Waals surface area contributed by atoms with Gasteiger partial charge in [0.15, 0.2) is 23.3 Å². The normalized spacial score (nSPS) is 16.1. The number of amides is 1. The van der Waals surface area contributed by atoms with Gasteiger partial charge in [-0.1, -0.05) is 17.7 Å². The van der Waals surface area contributed by atoms with Gasteiger partial charge in [0.1, 0.15) is 0 Å². The highest BCUT2D eigenvalue weighted by atomic mass is 35.5. The molecule has 2 aromatic rings. The molecule has 1 amide bonds. The zero-order valence-electron chi connectivity index (χ0n) is 15.3. The number of hydrogen-bond acceptors (Lipinski definition) is 6. The first-order valence-electron chi connectivity index (χ1n) is 8.61. The van der Waals surface area contributed by atoms with Gasteiger partial charge >= 0.3 is 5.97 Å². The van der Waals surface area contributed by atoms with Crippen molar-refractivity contribution in [3.8, 4) is 11.5 Å². The average Bonchev–Trinajstić information content (AvgIpc) is 3.02. The summed E-state index contributed by atoms with van der Waals surface area (Å²) in [4.78, 5) is 27.8. The van der Waals surface area contributed by atoms with Crippen molar-refractivity contribution in [3.05, 3.63) is 58.0 Å². The van der Waals surface area contributed by atoms with Crippen molar-refractivity contribution in [2.45, 2.75) is 6.92 Å². The van der Waals surface area contributed by atoms with Gasteiger partial charge < -0.3 is 19.9 Å². The second-order valence-corrected chi connectivity index (χ2v) is 7.25. The van der Waals surface area contributed by atoms with Gasteiger partial charge in [0.2, 0.25) is 0 Å². The number of carbonyl (C=O) groups is 2. The molecule has 0 radical (unpaired) electrons. The molecule has 2 N–H and O–H groups in total. The summed E-state index contributed by atoms with van der Waals surface area (Å²) in [5.74, 6) is -0.608. The molecule has 0 spiro atoms. The zero-order valence-corrected chi connectivity index (χ0v) is 16.9. The molecule has 1 saturated heterocycles. The van der Waals surface area contributed by atoms with Crippen LogP contribution in [0.15, 0.2) is 52.4 Å². The quantitative estimate of drug-likeness (QED) is 0.639. The number of halogens is 1. The predicted octanol–water partition coefficient (Wildman–Crippen LogP) is 4.09. The van der Waals surface area contributed by atoms with Crippen LogP contribution in [0.4, 0.5) is 5.69 Å². The number of benzene rings is 2. The summed E-state index contributed by atoms with van der Waals surface area (Å²) >= 11 is 7.08. The summed E-state index contributed by atoms with van der Waals surface area (Å²) in [5.41, 5.74) is 1.39. The molecule has 1 heterocycles. The summed E-state index contributed by atoms with van der Waals surface area (Å²) in [6, 6.07) is 12.0. The summed E-state index contributed by atoms with van der Waals surface area (Å²) in [6.07, 6.45) is 1.70. The molecule has 0 aliphatic carbocycles. The lowest BCUT2D eigenvalue weighted by molar-refractivity contribution is -0.139. The minimum atomic E-state index is -1.08. The van der Waals surface area contributed by atoms with Gasteiger partial charge in [0, 0.05) is 5.02 Å². The van der Waals surface area contributed by atoms with Crippen LogP contribution in [0.2, 0.25) is 5.02 Å². The molecule has 1 aliphatic rings. The lowest BCUT2D eigenvalue weighted by atomic mass is 10.2. The molecule has 29 heavy (non-hydrogen) atoms. The van der Waals surface area contributed by atoms with E-state index in [4.69, 9.17) is 26.2 Å². The van der Waals surface area contributed by atoms with Crippen LogP contribution in [0.5, 0.6) is 11.5 Å². The fourth-order valence-electron chi connectivity index (χ4n) is 2.41. The first-order chi connectivity index (χ1) is 13.9. The Morgan fingerprint density at radius 2 is 1.97 bits per heavy atom. The van der Waals surface area contributed by atoms with Crippen molar-refractivity contribution in [2.75, 3.05) is 13.2 Å². The maximum atomic E-state index is 12.3. The van der Waals surface area contributed by atoms with Gasteiger partial charge in [-0.05, 0) is 66.7 Å². The van der Waals surface area contributed by atoms with E-state index in [-0.39, 0.29) is 5.91 Å². The maximum absolute atomic E-state index is 12.3. The summed E-state index contributed by atoms with van der Waals surface area (Å²) < 4.78 is 10.8. The number of carboxylic acids is 1. The largest absolute Gasteiger partial charge is 0.490 e. The van der Waals surface area contributed by atoms with Crippen molar-refractivity contribution in [2.24, 2.45) is 4.99 Å². The Labute approximate surface area is 176 Å². The molecular formula is C20H17ClN2O5S. The third-order valence-electron chi connectivity index (χ3n) is 3.62. The van der Waals surface area contributed by atoms with E-state index in [1.54, 1.807) is 48.5 Å². The maximum Gasteiger partial charge on any atom is 0.341 e. The van der Waals surface area contributed by atoms with Crippen molar-refractivity contribution in [3.63, 3.8) is 0 Å². The molecule has 9 heteroatoms. The minimum absolute atomic E-state index is 0.258. The SMILES string of the molecule is CCOc1cc(/C=C2\SC(=Nc3ccc(Cl)cc3)NC2=O)ccc1OCC(=O)O. The Balaban J connectivity index is 1.79. The van der Waals surface area contributed by atoms with Crippen LogP contribution >= 0.6 is 23.4 Å². The van der Waals surface area contributed by atoms with Gasteiger partial charge in [0.05, 0.1) is 17.2 Å². The number of carbonyl (C=O) groups excluding carboxylic acids is 1. The Morgan fingerprint density at radius 3 is 2.66 bits per heavy atom. The second kappa shape index (κ2) is 9.49. The van der Waals surface area contributed by atoms with E-state index in [1.807, 2.05) is 6.92 Å². The predicted molar refractivity (Wildman–Crippen MR) is 113 cm³/mol. The molecule has 0 atom stereocenters. The Hall–Kier alpha value is -2.97. The Morgan fingerprint density at radius 1 is 1.21 bits per heavy atom. The summed E-state index contributed by atoms with van der Waals surface area (Å²) in [5, 5.41) is 12.6. The van der Waals surface area contributed by atoms with E-state index in [1.165, 1.54) is 11.8 Å². The second-order valence-electron chi connectivity index (χ2n) is 5.78. The lowest BCUT2D eigenvalue weighted by Crippen LogP contribution is -2.19. The van der Waals surface area contributed by atoms with Crippen LogP contribution in [0.25, 0.3) is 6.08 Å². The number of nitrogens with zero attached hydrogens (tertiary/aromatic N) is 1. The number of nitrogens with one attached hydrogen (secondary N) is 1. The number of ether oxygens (including phenoxy) is 2. The smallest absolute Gasteiger partial charge is 0.341 e. The number of rotatable bonds is 7. The van der Waals surface area contributed by atoms with Gasteiger partial charge in [0.25, 0.3) is 5.91 Å². The highest BCUT2D eigenvalue weighted by molar-refractivity contribution is 8.18. The van der Waals surface area contributed by atoms with Crippen molar-refractivity contribution in [1.29, 1.82) is 0 Å². The molecule has 0 aromatic heterocycles.